The molecule has 0 unspecified atom stereocenters. The van der Waals surface area contributed by atoms with Gasteiger partial charge in [0.05, 0.1) is 11.0 Å². The molecule has 0 aliphatic heterocycles. The number of nitrogens with zero attached hydrogens (tertiary/aromatic N) is 3. The summed E-state index contributed by atoms with van der Waals surface area (Å²) in [6.45, 7) is 2.05. The Balaban J connectivity index is 2.19. The van der Waals surface area contributed by atoms with Crippen molar-refractivity contribution in [1.29, 1.82) is 0 Å². The molecule has 4 heteroatoms. The maximum atomic E-state index is 6.09. The fourth-order valence-electron chi connectivity index (χ4n) is 2.43. The Kier molecular flexibility index (Phi) is 2.86. The topological polar surface area (TPSA) is 47.1 Å². The SMILES string of the molecule is Cc1cccc2c1nc(N)n2-c1ccc(N(C)C)cc1. The zero-order valence-corrected chi connectivity index (χ0v) is 12.0. The van der Waals surface area contributed by atoms with E-state index in [1.165, 1.54) is 0 Å². The normalized spacial score (nSPS) is 10.9. The van der Waals surface area contributed by atoms with Crippen LogP contribution in [0.25, 0.3) is 16.7 Å². The monoisotopic (exact) mass is 266 g/mol. The molecule has 0 amide bonds. The fourth-order valence-corrected chi connectivity index (χ4v) is 2.43. The van der Waals surface area contributed by atoms with E-state index in [1.807, 2.05) is 43.8 Å². The molecule has 0 saturated carbocycles. The van der Waals surface area contributed by atoms with Crippen LogP contribution in [0.4, 0.5) is 11.6 Å². The van der Waals surface area contributed by atoms with E-state index in [4.69, 9.17) is 5.73 Å². The Bertz CT molecular complexity index is 754. The van der Waals surface area contributed by atoms with E-state index in [-0.39, 0.29) is 0 Å². The third kappa shape index (κ3) is 1.90. The van der Waals surface area contributed by atoms with Crippen LogP contribution < -0.4 is 10.6 Å². The molecule has 2 N–H and O–H groups in total. The molecule has 1 heterocycles. The second kappa shape index (κ2) is 4.56. The Morgan fingerprint density at radius 1 is 1.05 bits per heavy atom. The molecule has 0 aliphatic carbocycles. The second-order valence-electron chi connectivity index (χ2n) is 5.16. The summed E-state index contributed by atoms with van der Waals surface area (Å²) in [5.41, 5.74) is 11.4. The number of rotatable bonds is 2. The van der Waals surface area contributed by atoms with Crippen molar-refractivity contribution in [2.45, 2.75) is 6.92 Å². The Morgan fingerprint density at radius 3 is 2.40 bits per heavy atom. The lowest BCUT2D eigenvalue weighted by Gasteiger charge is -2.13. The number of hydrogen-bond donors (Lipinski definition) is 1. The molecular weight excluding hydrogens is 248 g/mol. The summed E-state index contributed by atoms with van der Waals surface area (Å²) >= 11 is 0. The van der Waals surface area contributed by atoms with Gasteiger partial charge in [0.15, 0.2) is 0 Å². The van der Waals surface area contributed by atoms with Crippen LogP contribution in [0, 0.1) is 6.92 Å². The van der Waals surface area contributed by atoms with Crippen molar-refractivity contribution in [1.82, 2.24) is 9.55 Å². The Hall–Kier alpha value is -2.49. The van der Waals surface area contributed by atoms with Crippen molar-refractivity contribution in [3.8, 4) is 5.69 Å². The van der Waals surface area contributed by atoms with Gasteiger partial charge in [0.2, 0.25) is 5.95 Å². The third-order valence-corrected chi connectivity index (χ3v) is 3.54. The number of nitrogens with two attached hydrogens (primary N) is 1. The largest absolute Gasteiger partial charge is 0.378 e. The minimum absolute atomic E-state index is 0.520. The molecule has 0 saturated heterocycles. The first kappa shape index (κ1) is 12.5. The van der Waals surface area contributed by atoms with Crippen LogP contribution in [0.2, 0.25) is 0 Å². The van der Waals surface area contributed by atoms with Crippen molar-refractivity contribution in [3.63, 3.8) is 0 Å². The molecule has 102 valence electrons. The first-order valence-corrected chi connectivity index (χ1v) is 6.59. The molecule has 0 atom stereocenters. The third-order valence-electron chi connectivity index (χ3n) is 3.54. The van der Waals surface area contributed by atoms with Crippen LogP contribution in [0.5, 0.6) is 0 Å². The predicted molar refractivity (Wildman–Crippen MR) is 84.5 cm³/mol. The molecule has 4 nitrogen and oxygen atoms in total. The lowest BCUT2D eigenvalue weighted by Crippen LogP contribution is -2.08. The van der Waals surface area contributed by atoms with Crippen molar-refractivity contribution >= 4 is 22.7 Å². The van der Waals surface area contributed by atoms with Gasteiger partial charge in [-0.3, -0.25) is 4.57 Å². The lowest BCUT2D eigenvalue weighted by atomic mass is 10.2. The number of imidazole rings is 1. The summed E-state index contributed by atoms with van der Waals surface area (Å²) in [7, 11) is 4.05. The van der Waals surface area contributed by atoms with Gasteiger partial charge in [0, 0.05) is 25.5 Å². The van der Waals surface area contributed by atoms with E-state index in [0.717, 1.165) is 28.0 Å². The average molecular weight is 266 g/mol. The number of nitrogen functional groups attached to an aromatic ring is 1. The lowest BCUT2D eigenvalue weighted by molar-refractivity contribution is 1.09. The zero-order valence-electron chi connectivity index (χ0n) is 12.0. The van der Waals surface area contributed by atoms with E-state index in [2.05, 4.69) is 34.1 Å². The number of aryl methyl sites for hydroxylation is 1. The number of benzene rings is 2. The van der Waals surface area contributed by atoms with Gasteiger partial charge in [0.1, 0.15) is 0 Å². The number of para-hydroxylation sites is 1. The van der Waals surface area contributed by atoms with Crippen LogP contribution in [-0.2, 0) is 0 Å². The molecular formula is C16H18N4. The molecule has 2 aromatic carbocycles. The van der Waals surface area contributed by atoms with E-state index in [1.54, 1.807) is 0 Å². The fraction of sp³-hybridized carbons (Fsp3) is 0.188. The van der Waals surface area contributed by atoms with E-state index in [9.17, 15) is 0 Å². The average Bonchev–Trinajstić information content (AvgIpc) is 2.77. The van der Waals surface area contributed by atoms with E-state index >= 15 is 0 Å². The maximum absolute atomic E-state index is 6.09. The number of aromatic nitrogens is 2. The molecule has 3 rings (SSSR count). The second-order valence-corrected chi connectivity index (χ2v) is 5.16. The number of anilines is 2. The molecule has 0 spiro atoms. The maximum Gasteiger partial charge on any atom is 0.205 e. The minimum Gasteiger partial charge on any atom is -0.378 e. The van der Waals surface area contributed by atoms with Crippen LogP contribution in [0.1, 0.15) is 5.56 Å². The first-order chi connectivity index (χ1) is 9.58. The molecule has 0 fully saturated rings. The predicted octanol–water partition coefficient (Wildman–Crippen LogP) is 2.98. The van der Waals surface area contributed by atoms with Crippen LogP contribution in [0.3, 0.4) is 0 Å². The summed E-state index contributed by atoms with van der Waals surface area (Å²) in [5, 5.41) is 0. The standard InChI is InChI=1S/C16H18N4/c1-11-5-4-6-14-15(11)18-16(17)20(14)13-9-7-12(8-10-13)19(2)3/h4-10H,1-3H3,(H2,17,18). The van der Waals surface area contributed by atoms with E-state index < -0.39 is 0 Å². The summed E-state index contributed by atoms with van der Waals surface area (Å²) < 4.78 is 1.99. The molecule has 0 radical (unpaired) electrons. The quantitative estimate of drug-likeness (QED) is 0.775. The van der Waals surface area contributed by atoms with Crippen LogP contribution >= 0.6 is 0 Å². The Labute approximate surface area is 118 Å². The van der Waals surface area contributed by atoms with Crippen molar-refractivity contribution in [2.75, 3.05) is 24.7 Å². The summed E-state index contributed by atoms with van der Waals surface area (Å²) in [6.07, 6.45) is 0. The molecule has 20 heavy (non-hydrogen) atoms. The number of fused-ring (bicyclic) bond motifs is 1. The highest BCUT2D eigenvalue weighted by Crippen LogP contribution is 2.26. The number of hydrogen-bond acceptors (Lipinski definition) is 3. The minimum atomic E-state index is 0.520. The van der Waals surface area contributed by atoms with E-state index in [0.29, 0.717) is 5.95 Å². The summed E-state index contributed by atoms with van der Waals surface area (Å²) in [4.78, 5) is 6.55. The van der Waals surface area contributed by atoms with Gasteiger partial charge in [-0.05, 0) is 42.8 Å². The van der Waals surface area contributed by atoms with Crippen molar-refractivity contribution < 1.29 is 0 Å². The first-order valence-electron chi connectivity index (χ1n) is 6.59. The summed E-state index contributed by atoms with van der Waals surface area (Å²) in [5.74, 6) is 0.520. The van der Waals surface area contributed by atoms with Crippen LogP contribution in [-0.4, -0.2) is 23.6 Å². The van der Waals surface area contributed by atoms with Crippen molar-refractivity contribution in [2.24, 2.45) is 0 Å². The molecule has 3 aromatic rings. The summed E-state index contributed by atoms with van der Waals surface area (Å²) in [6, 6.07) is 14.4. The van der Waals surface area contributed by atoms with Gasteiger partial charge in [-0.25, -0.2) is 4.98 Å². The highest BCUT2D eigenvalue weighted by molar-refractivity contribution is 5.83. The van der Waals surface area contributed by atoms with Gasteiger partial charge in [-0.2, -0.15) is 0 Å². The highest BCUT2D eigenvalue weighted by Gasteiger charge is 2.11. The Morgan fingerprint density at radius 2 is 1.75 bits per heavy atom. The molecule has 0 bridgehead atoms. The van der Waals surface area contributed by atoms with Crippen molar-refractivity contribution in [3.05, 3.63) is 48.0 Å². The molecule has 1 aromatic heterocycles. The van der Waals surface area contributed by atoms with Gasteiger partial charge in [0.25, 0.3) is 0 Å². The van der Waals surface area contributed by atoms with Crippen LogP contribution in [0.15, 0.2) is 42.5 Å². The zero-order chi connectivity index (χ0) is 14.3. The molecule has 0 aliphatic rings. The van der Waals surface area contributed by atoms with Gasteiger partial charge < -0.3 is 10.6 Å². The van der Waals surface area contributed by atoms with Gasteiger partial charge in [-0.15, -0.1) is 0 Å². The van der Waals surface area contributed by atoms with Gasteiger partial charge in [-0.1, -0.05) is 12.1 Å². The van der Waals surface area contributed by atoms with Gasteiger partial charge >= 0.3 is 0 Å². The highest BCUT2D eigenvalue weighted by atomic mass is 15.2. The smallest absolute Gasteiger partial charge is 0.205 e.